The molecule has 8 heteroatoms. The molecule has 8 nitrogen and oxygen atoms in total. The third kappa shape index (κ3) is 5.65. The minimum atomic E-state index is -1.27. The molecule has 3 aromatic rings. The van der Waals surface area contributed by atoms with Gasteiger partial charge in [-0.25, -0.2) is 9.55 Å². The van der Waals surface area contributed by atoms with Crippen LogP contribution in [0.2, 0.25) is 0 Å². The highest BCUT2D eigenvalue weighted by Crippen LogP contribution is 2.26. The molecule has 1 aromatic carbocycles. The smallest absolute Gasteiger partial charge is 0.306 e. The first-order chi connectivity index (χ1) is 14.0. The zero-order valence-corrected chi connectivity index (χ0v) is 15.9. The summed E-state index contributed by atoms with van der Waals surface area (Å²) < 4.78 is 17.8. The number of rotatable bonds is 9. The highest BCUT2D eigenvalue weighted by Gasteiger charge is 2.11. The summed E-state index contributed by atoms with van der Waals surface area (Å²) in [4.78, 5) is 26.0. The van der Waals surface area contributed by atoms with E-state index in [0.717, 1.165) is 16.9 Å². The van der Waals surface area contributed by atoms with Crippen molar-refractivity contribution in [3.05, 3.63) is 55.0 Å². The largest absolute Gasteiger partial charge is 0.550 e. The van der Waals surface area contributed by atoms with E-state index in [9.17, 15) is 14.7 Å². The molecule has 0 N–H and O–H groups in total. The average Bonchev–Trinajstić information content (AvgIpc) is 3.23. The molecule has 150 valence electrons. The van der Waals surface area contributed by atoms with Crippen LogP contribution in [0.5, 0.6) is 5.75 Å². The first kappa shape index (κ1) is 20.1. The normalized spacial score (nSPS) is 10.5. The second kappa shape index (κ2) is 9.50. The summed E-state index contributed by atoms with van der Waals surface area (Å²) >= 11 is 0. The van der Waals surface area contributed by atoms with Gasteiger partial charge in [0.05, 0.1) is 19.7 Å². The fourth-order valence-electron chi connectivity index (χ4n) is 2.59. The summed E-state index contributed by atoms with van der Waals surface area (Å²) in [5.41, 5.74) is 1.71. The van der Waals surface area contributed by atoms with Crippen LogP contribution in [0.15, 0.2) is 59.4 Å². The number of hydrogen-bond acceptors (Lipinski definition) is 7. The quantitative estimate of drug-likeness (QED) is 0.397. The van der Waals surface area contributed by atoms with Crippen molar-refractivity contribution in [3.63, 3.8) is 0 Å². The predicted molar refractivity (Wildman–Crippen MR) is 99.3 cm³/mol. The number of esters is 1. The number of carbonyl (C=O) groups excluding carboxylic acids is 2. The van der Waals surface area contributed by atoms with Gasteiger partial charge in [0.15, 0.2) is 31.3 Å². The van der Waals surface area contributed by atoms with Crippen molar-refractivity contribution in [1.82, 2.24) is 4.98 Å². The van der Waals surface area contributed by atoms with Gasteiger partial charge in [-0.2, -0.15) is 0 Å². The Morgan fingerprint density at radius 1 is 1.07 bits per heavy atom. The molecule has 0 aliphatic heterocycles. The minimum absolute atomic E-state index is 0.149. The molecule has 0 unspecified atom stereocenters. The zero-order valence-electron chi connectivity index (χ0n) is 15.9. The average molecular weight is 396 g/mol. The van der Waals surface area contributed by atoms with Gasteiger partial charge in [-0.05, 0) is 30.7 Å². The number of oxazole rings is 1. The lowest BCUT2D eigenvalue weighted by Crippen LogP contribution is -2.35. The summed E-state index contributed by atoms with van der Waals surface area (Å²) in [5, 5.41) is 10.3. The Morgan fingerprint density at radius 2 is 1.79 bits per heavy atom. The third-order valence-corrected chi connectivity index (χ3v) is 4.16. The van der Waals surface area contributed by atoms with Gasteiger partial charge < -0.3 is 23.8 Å². The van der Waals surface area contributed by atoms with Crippen LogP contribution in [0.1, 0.15) is 12.8 Å². The van der Waals surface area contributed by atoms with Crippen LogP contribution < -0.4 is 14.4 Å². The molecular formula is C21H20N2O6. The van der Waals surface area contributed by atoms with E-state index in [2.05, 4.69) is 4.98 Å². The Kier molecular flexibility index (Phi) is 6.57. The van der Waals surface area contributed by atoms with E-state index >= 15 is 0 Å². The number of benzene rings is 1. The van der Waals surface area contributed by atoms with E-state index < -0.39 is 11.9 Å². The van der Waals surface area contributed by atoms with Gasteiger partial charge in [0.2, 0.25) is 5.89 Å². The Morgan fingerprint density at radius 3 is 2.45 bits per heavy atom. The van der Waals surface area contributed by atoms with Gasteiger partial charge in [0.1, 0.15) is 5.75 Å². The number of ether oxygens (including phenoxy) is 2. The summed E-state index contributed by atoms with van der Waals surface area (Å²) in [6.45, 7) is 0.594. The number of methoxy groups -OCH3 is 1. The molecule has 0 aliphatic carbocycles. The van der Waals surface area contributed by atoms with Gasteiger partial charge in [0, 0.05) is 29.2 Å². The fraction of sp³-hybridized carbons (Fsp3) is 0.238. The number of aliphatic carboxylic acids is 1. The van der Waals surface area contributed by atoms with Crippen LogP contribution in [-0.4, -0.2) is 30.6 Å². The van der Waals surface area contributed by atoms with Crippen molar-refractivity contribution in [1.29, 1.82) is 0 Å². The van der Waals surface area contributed by atoms with Crippen LogP contribution in [0, 0.1) is 0 Å². The Hall–Kier alpha value is -3.68. The van der Waals surface area contributed by atoms with Crippen LogP contribution in [0.3, 0.4) is 0 Å². The van der Waals surface area contributed by atoms with Gasteiger partial charge >= 0.3 is 5.97 Å². The van der Waals surface area contributed by atoms with Crippen LogP contribution in [-0.2, 0) is 20.9 Å². The molecule has 0 amide bonds. The lowest BCUT2D eigenvalue weighted by Gasteiger charge is -2.03. The molecule has 0 bridgehead atoms. The monoisotopic (exact) mass is 396 g/mol. The first-order valence-corrected chi connectivity index (χ1v) is 9.00. The molecule has 3 rings (SSSR count). The van der Waals surface area contributed by atoms with E-state index in [1.54, 1.807) is 13.3 Å². The number of carboxylic acids is 1. The number of pyridine rings is 1. The molecule has 2 heterocycles. The van der Waals surface area contributed by atoms with E-state index in [-0.39, 0.29) is 19.4 Å². The molecule has 0 aliphatic rings. The minimum Gasteiger partial charge on any atom is -0.550 e. The van der Waals surface area contributed by atoms with Crippen LogP contribution in [0.4, 0.5) is 0 Å². The topological polar surface area (TPSA) is 106 Å². The molecule has 0 radical (unpaired) electrons. The maximum absolute atomic E-state index is 11.4. The summed E-state index contributed by atoms with van der Waals surface area (Å²) in [6, 6.07) is 11.2. The van der Waals surface area contributed by atoms with Gasteiger partial charge in [-0.3, -0.25) is 4.79 Å². The number of carboxylic acid groups (broad SMARTS) is 1. The van der Waals surface area contributed by atoms with Crippen molar-refractivity contribution >= 4 is 11.9 Å². The zero-order chi connectivity index (χ0) is 20.6. The Bertz CT molecular complexity index is 964. The number of hydrogen-bond donors (Lipinski definition) is 0. The highest BCUT2D eigenvalue weighted by atomic mass is 16.5. The third-order valence-electron chi connectivity index (χ3n) is 4.16. The number of nitrogens with zero attached hydrogens (tertiary/aromatic N) is 2. The van der Waals surface area contributed by atoms with Crippen molar-refractivity contribution in [2.75, 3.05) is 13.7 Å². The Balaban J connectivity index is 1.55. The maximum Gasteiger partial charge on any atom is 0.306 e. The SMILES string of the molecule is COc1ccc(-c2cnc(-c3cc[n+](CCOC(=O)CCC(=O)[O-])cc3)o2)cc1. The lowest BCUT2D eigenvalue weighted by molar-refractivity contribution is -0.697. The van der Waals surface area contributed by atoms with E-state index in [1.165, 1.54) is 0 Å². The van der Waals surface area contributed by atoms with Gasteiger partial charge in [-0.1, -0.05) is 0 Å². The number of aromatic nitrogens is 2. The van der Waals surface area contributed by atoms with Gasteiger partial charge in [-0.15, -0.1) is 0 Å². The maximum atomic E-state index is 11.4. The molecule has 2 aromatic heterocycles. The van der Waals surface area contributed by atoms with Crippen LogP contribution in [0.25, 0.3) is 22.8 Å². The summed E-state index contributed by atoms with van der Waals surface area (Å²) in [6.07, 6.45) is 4.79. The van der Waals surface area contributed by atoms with E-state index in [4.69, 9.17) is 13.9 Å². The Labute approximate surface area is 167 Å². The van der Waals surface area contributed by atoms with Crippen molar-refractivity contribution in [2.45, 2.75) is 19.4 Å². The standard InChI is InChI=1S/C21H20N2O6/c1-27-17-4-2-15(3-5-17)18-14-22-21(29-18)16-8-10-23(11-9-16)12-13-28-20(26)7-6-19(24)25/h2-5,8-11,14H,6-7,12-13H2,1H3. The fourth-order valence-corrected chi connectivity index (χ4v) is 2.59. The van der Waals surface area contributed by atoms with E-state index in [1.807, 2.05) is 53.4 Å². The first-order valence-electron chi connectivity index (χ1n) is 9.00. The second-order valence-electron chi connectivity index (χ2n) is 6.18. The molecule has 0 atom stereocenters. The van der Waals surface area contributed by atoms with Crippen molar-refractivity contribution < 1.29 is 33.2 Å². The molecule has 0 fully saturated rings. The van der Waals surface area contributed by atoms with Crippen molar-refractivity contribution in [3.8, 4) is 28.5 Å². The molecular weight excluding hydrogens is 376 g/mol. The highest BCUT2D eigenvalue weighted by molar-refractivity contribution is 5.75. The second-order valence-corrected chi connectivity index (χ2v) is 6.18. The van der Waals surface area contributed by atoms with E-state index in [0.29, 0.717) is 18.2 Å². The summed E-state index contributed by atoms with van der Waals surface area (Å²) in [7, 11) is 1.62. The van der Waals surface area contributed by atoms with Gasteiger partial charge in [0.25, 0.3) is 0 Å². The molecule has 0 saturated heterocycles. The van der Waals surface area contributed by atoms with Crippen LogP contribution >= 0.6 is 0 Å². The number of carbonyl (C=O) groups is 2. The predicted octanol–water partition coefficient (Wildman–Crippen LogP) is 1.38. The van der Waals surface area contributed by atoms with Crippen molar-refractivity contribution in [2.24, 2.45) is 0 Å². The lowest BCUT2D eigenvalue weighted by atomic mass is 10.2. The molecule has 29 heavy (non-hydrogen) atoms. The summed E-state index contributed by atoms with van der Waals surface area (Å²) in [5.74, 6) is 0.0936. The molecule has 0 saturated carbocycles. The molecule has 0 spiro atoms.